The molecule has 0 N–H and O–H groups in total. The minimum Gasteiger partial charge on any atom is -0.494 e. The molecule has 0 fully saturated rings. The molecule has 0 aliphatic heterocycles. The molecule has 0 atom stereocenters. The third kappa shape index (κ3) is 8.70. The SMILES string of the molecule is CCCCOc1ccc(C=C(CC(=O)OCCC)C(=O)OCCC)cc1. The van der Waals surface area contributed by atoms with Crippen LogP contribution in [0.1, 0.15) is 58.4 Å². The Morgan fingerprint density at radius 2 is 1.54 bits per heavy atom. The highest BCUT2D eigenvalue weighted by atomic mass is 16.5. The quantitative estimate of drug-likeness (QED) is 0.310. The molecule has 0 unspecified atom stereocenters. The molecule has 0 aliphatic carbocycles. The van der Waals surface area contributed by atoms with Crippen LogP contribution in [0.4, 0.5) is 0 Å². The van der Waals surface area contributed by atoms with Gasteiger partial charge in [0.05, 0.1) is 26.2 Å². The van der Waals surface area contributed by atoms with Gasteiger partial charge in [-0.3, -0.25) is 4.79 Å². The minimum atomic E-state index is -0.483. The Kier molecular flexibility index (Phi) is 10.9. The van der Waals surface area contributed by atoms with Crippen LogP contribution in [0.2, 0.25) is 0 Å². The van der Waals surface area contributed by atoms with E-state index in [1.165, 1.54) is 0 Å². The van der Waals surface area contributed by atoms with Crippen LogP contribution < -0.4 is 4.74 Å². The van der Waals surface area contributed by atoms with Crippen LogP contribution in [-0.2, 0) is 19.1 Å². The Morgan fingerprint density at radius 1 is 0.885 bits per heavy atom. The number of ether oxygens (including phenoxy) is 3. The molecule has 0 amide bonds. The first-order valence-electron chi connectivity index (χ1n) is 9.36. The van der Waals surface area contributed by atoms with Crippen molar-refractivity contribution in [2.45, 2.75) is 52.9 Å². The lowest BCUT2D eigenvalue weighted by Crippen LogP contribution is -2.14. The third-order valence-electron chi connectivity index (χ3n) is 3.49. The van der Waals surface area contributed by atoms with E-state index in [-0.39, 0.29) is 6.42 Å². The molecule has 26 heavy (non-hydrogen) atoms. The van der Waals surface area contributed by atoms with Gasteiger partial charge in [-0.1, -0.05) is 39.3 Å². The highest BCUT2D eigenvalue weighted by Gasteiger charge is 2.16. The second-order valence-electron chi connectivity index (χ2n) is 5.97. The van der Waals surface area contributed by atoms with Crippen LogP contribution in [0.15, 0.2) is 29.8 Å². The van der Waals surface area contributed by atoms with Gasteiger partial charge in [-0.25, -0.2) is 4.79 Å². The van der Waals surface area contributed by atoms with E-state index < -0.39 is 11.9 Å². The minimum absolute atomic E-state index is 0.0999. The Labute approximate surface area is 156 Å². The highest BCUT2D eigenvalue weighted by molar-refractivity contribution is 5.98. The summed E-state index contributed by atoms with van der Waals surface area (Å²) < 4.78 is 15.9. The van der Waals surface area contributed by atoms with Gasteiger partial charge in [0.25, 0.3) is 0 Å². The molecule has 5 heteroatoms. The molecule has 0 saturated carbocycles. The van der Waals surface area contributed by atoms with Crippen molar-refractivity contribution in [3.8, 4) is 5.75 Å². The van der Waals surface area contributed by atoms with Gasteiger partial charge in [0.1, 0.15) is 5.75 Å². The molecule has 0 radical (unpaired) electrons. The summed E-state index contributed by atoms with van der Waals surface area (Å²) in [6.07, 6.45) is 5.12. The Morgan fingerprint density at radius 3 is 2.15 bits per heavy atom. The third-order valence-corrected chi connectivity index (χ3v) is 3.49. The Balaban J connectivity index is 2.83. The molecule has 0 spiro atoms. The zero-order valence-corrected chi connectivity index (χ0v) is 16.1. The van der Waals surface area contributed by atoms with Gasteiger partial charge in [0.15, 0.2) is 0 Å². The molecule has 0 saturated heterocycles. The first-order valence-corrected chi connectivity index (χ1v) is 9.36. The van der Waals surface area contributed by atoms with Crippen molar-refractivity contribution in [2.75, 3.05) is 19.8 Å². The van der Waals surface area contributed by atoms with Gasteiger partial charge in [-0.2, -0.15) is 0 Å². The van der Waals surface area contributed by atoms with Gasteiger partial charge in [0.2, 0.25) is 0 Å². The van der Waals surface area contributed by atoms with Crippen LogP contribution in [-0.4, -0.2) is 31.8 Å². The van der Waals surface area contributed by atoms with E-state index in [0.29, 0.717) is 25.4 Å². The summed E-state index contributed by atoms with van der Waals surface area (Å²) in [6, 6.07) is 7.41. The summed E-state index contributed by atoms with van der Waals surface area (Å²) in [5, 5.41) is 0. The lowest BCUT2D eigenvalue weighted by Gasteiger charge is -2.09. The maximum absolute atomic E-state index is 12.2. The first-order chi connectivity index (χ1) is 12.6. The summed E-state index contributed by atoms with van der Waals surface area (Å²) in [4.78, 5) is 24.1. The van der Waals surface area contributed by atoms with Gasteiger partial charge < -0.3 is 14.2 Å². The summed E-state index contributed by atoms with van der Waals surface area (Å²) in [6.45, 7) is 7.31. The van der Waals surface area contributed by atoms with Crippen molar-refractivity contribution in [1.82, 2.24) is 0 Å². The summed E-state index contributed by atoms with van der Waals surface area (Å²) in [5.74, 6) is -0.122. The monoisotopic (exact) mass is 362 g/mol. The van der Waals surface area contributed by atoms with Gasteiger partial charge in [0, 0.05) is 5.57 Å². The second kappa shape index (κ2) is 13.0. The van der Waals surface area contributed by atoms with E-state index in [0.717, 1.165) is 37.0 Å². The number of benzene rings is 1. The van der Waals surface area contributed by atoms with Crippen LogP contribution in [0.3, 0.4) is 0 Å². The highest BCUT2D eigenvalue weighted by Crippen LogP contribution is 2.17. The predicted molar refractivity (Wildman–Crippen MR) is 102 cm³/mol. The van der Waals surface area contributed by atoms with Crippen LogP contribution in [0, 0.1) is 0 Å². The standard InChI is InChI=1S/C21H30O5/c1-4-7-14-24-19-10-8-17(9-11-19)15-18(21(23)26-13-6-3)16-20(22)25-12-5-2/h8-11,15H,4-7,12-14,16H2,1-3H3. The fraction of sp³-hybridized carbons (Fsp3) is 0.524. The lowest BCUT2D eigenvalue weighted by molar-refractivity contribution is -0.146. The van der Waals surface area contributed by atoms with Crippen LogP contribution in [0.5, 0.6) is 5.75 Å². The number of unbranched alkanes of at least 4 members (excludes halogenated alkanes) is 1. The molecule has 0 heterocycles. The molecule has 0 aromatic heterocycles. The number of carbonyl (C=O) groups excluding carboxylic acids is 2. The molecule has 5 nitrogen and oxygen atoms in total. The smallest absolute Gasteiger partial charge is 0.334 e. The molecule has 0 bridgehead atoms. The second-order valence-corrected chi connectivity index (χ2v) is 5.97. The zero-order valence-electron chi connectivity index (χ0n) is 16.1. The van der Waals surface area contributed by atoms with Crippen molar-refractivity contribution < 1.29 is 23.8 Å². The molecular weight excluding hydrogens is 332 g/mol. The maximum atomic E-state index is 12.2. The van der Waals surface area contributed by atoms with Gasteiger partial charge in [-0.15, -0.1) is 0 Å². The van der Waals surface area contributed by atoms with Crippen molar-refractivity contribution in [3.63, 3.8) is 0 Å². The van der Waals surface area contributed by atoms with Crippen molar-refractivity contribution in [3.05, 3.63) is 35.4 Å². The van der Waals surface area contributed by atoms with E-state index in [1.807, 2.05) is 38.1 Å². The largest absolute Gasteiger partial charge is 0.494 e. The number of hydrogen-bond acceptors (Lipinski definition) is 5. The molecule has 144 valence electrons. The summed E-state index contributed by atoms with van der Waals surface area (Å²) in [5.41, 5.74) is 1.10. The summed E-state index contributed by atoms with van der Waals surface area (Å²) >= 11 is 0. The summed E-state index contributed by atoms with van der Waals surface area (Å²) in [7, 11) is 0. The van der Waals surface area contributed by atoms with E-state index >= 15 is 0 Å². The normalized spacial score (nSPS) is 11.1. The van der Waals surface area contributed by atoms with Crippen LogP contribution in [0.25, 0.3) is 6.08 Å². The fourth-order valence-electron chi connectivity index (χ4n) is 2.09. The van der Waals surface area contributed by atoms with E-state index in [2.05, 4.69) is 6.92 Å². The van der Waals surface area contributed by atoms with Gasteiger partial charge in [-0.05, 0) is 43.0 Å². The lowest BCUT2D eigenvalue weighted by atomic mass is 10.1. The topological polar surface area (TPSA) is 61.8 Å². The molecule has 1 aromatic carbocycles. The zero-order chi connectivity index (χ0) is 19.2. The van der Waals surface area contributed by atoms with Crippen molar-refractivity contribution >= 4 is 18.0 Å². The average molecular weight is 362 g/mol. The predicted octanol–water partition coefficient (Wildman–Crippen LogP) is 4.55. The molecule has 1 aromatic rings. The van der Waals surface area contributed by atoms with Crippen LogP contribution >= 0.6 is 0 Å². The van der Waals surface area contributed by atoms with E-state index in [4.69, 9.17) is 14.2 Å². The molecule has 0 aliphatic rings. The van der Waals surface area contributed by atoms with Gasteiger partial charge >= 0.3 is 11.9 Å². The van der Waals surface area contributed by atoms with Crippen molar-refractivity contribution in [1.29, 1.82) is 0 Å². The van der Waals surface area contributed by atoms with Crippen molar-refractivity contribution in [2.24, 2.45) is 0 Å². The Bertz CT molecular complexity index is 575. The maximum Gasteiger partial charge on any atom is 0.334 e. The molecule has 1 rings (SSSR count). The molecular formula is C21H30O5. The Hall–Kier alpha value is -2.30. The number of carbonyl (C=O) groups is 2. The number of esters is 2. The fourth-order valence-corrected chi connectivity index (χ4v) is 2.09. The van der Waals surface area contributed by atoms with E-state index in [1.54, 1.807) is 6.08 Å². The average Bonchev–Trinajstić information content (AvgIpc) is 2.65. The number of rotatable bonds is 12. The number of hydrogen-bond donors (Lipinski definition) is 0. The first kappa shape index (κ1) is 21.7. The van der Waals surface area contributed by atoms with E-state index in [9.17, 15) is 9.59 Å².